The van der Waals surface area contributed by atoms with Crippen LogP contribution in [0, 0.1) is 5.41 Å². The van der Waals surface area contributed by atoms with Crippen LogP contribution in [-0.2, 0) is 19.7 Å². The van der Waals surface area contributed by atoms with Gasteiger partial charge in [0.05, 0.1) is 12.7 Å². The van der Waals surface area contributed by atoms with Crippen molar-refractivity contribution in [3.05, 3.63) is 0 Å². The lowest BCUT2D eigenvalue weighted by atomic mass is 9.89. The topological polar surface area (TPSA) is 35.5 Å². The Balaban J connectivity index is 2.60. The summed E-state index contributed by atoms with van der Waals surface area (Å²) in [6.07, 6.45) is 0.00193. The van der Waals surface area contributed by atoms with Crippen molar-refractivity contribution in [3.63, 3.8) is 0 Å². The largest absolute Gasteiger partial charge is 0.304 e. The molecule has 10 heavy (non-hydrogen) atoms. The van der Waals surface area contributed by atoms with Crippen molar-refractivity contribution in [2.45, 2.75) is 26.9 Å². The standard InChI is InChI=1S/C6H12O3S/c1-5-6(2,3)4-8-10(7)9-5/h5H,4H2,1-3H3/t5-,10+/m1/s1. The molecule has 2 atom stereocenters. The van der Waals surface area contributed by atoms with Crippen molar-refractivity contribution in [1.29, 1.82) is 0 Å². The molecule has 60 valence electrons. The molecule has 0 aromatic carbocycles. The van der Waals surface area contributed by atoms with Gasteiger partial charge in [0, 0.05) is 5.41 Å². The highest BCUT2D eigenvalue weighted by Gasteiger charge is 2.34. The van der Waals surface area contributed by atoms with E-state index < -0.39 is 11.4 Å². The first-order valence-corrected chi connectivity index (χ1v) is 4.24. The molecule has 0 aliphatic carbocycles. The van der Waals surface area contributed by atoms with E-state index in [0.29, 0.717) is 6.61 Å². The summed E-state index contributed by atoms with van der Waals surface area (Å²) in [6.45, 7) is 6.45. The minimum absolute atomic E-state index is 0.00193. The zero-order valence-corrected chi connectivity index (χ0v) is 7.23. The van der Waals surface area contributed by atoms with Gasteiger partial charge in [-0.2, -0.15) is 4.21 Å². The van der Waals surface area contributed by atoms with Gasteiger partial charge in [-0.15, -0.1) is 0 Å². The molecule has 0 spiro atoms. The van der Waals surface area contributed by atoms with Crippen LogP contribution in [0.25, 0.3) is 0 Å². The second kappa shape index (κ2) is 2.60. The van der Waals surface area contributed by atoms with E-state index in [2.05, 4.69) is 0 Å². The summed E-state index contributed by atoms with van der Waals surface area (Å²) in [5, 5.41) is 0. The zero-order chi connectivity index (χ0) is 7.78. The molecule has 0 amide bonds. The van der Waals surface area contributed by atoms with Gasteiger partial charge in [-0.25, -0.2) is 0 Å². The van der Waals surface area contributed by atoms with Gasteiger partial charge in [0.1, 0.15) is 0 Å². The first-order valence-electron chi connectivity index (χ1n) is 3.24. The molecule has 1 rings (SSSR count). The van der Waals surface area contributed by atoms with Gasteiger partial charge < -0.3 is 0 Å². The van der Waals surface area contributed by atoms with Gasteiger partial charge in [-0.1, -0.05) is 13.8 Å². The van der Waals surface area contributed by atoms with E-state index in [4.69, 9.17) is 8.37 Å². The molecule has 1 fully saturated rings. The van der Waals surface area contributed by atoms with Crippen LogP contribution in [-0.4, -0.2) is 16.9 Å². The normalized spacial score (nSPS) is 39.5. The van der Waals surface area contributed by atoms with E-state index in [-0.39, 0.29) is 11.5 Å². The van der Waals surface area contributed by atoms with Gasteiger partial charge >= 0.3 is 11.4 Å². The highest BCUT2D eigenvalue weighted by atomic mass is 32.2. The lowest BCUT2D eigenvalue weighted by Gasteiger charge is -2.33. The van der Waals surface area contributed by atoms with Gasteiger partial charge in [0.2, 0.25) is 0 Å². The minimum atomic E-state index is -1.52. The fourth-order valence-electron chi connectivity index (χ4n) is 0.593. The predicted molar refractivity (Wildman–Crippen MR) is 38.4 cm³/mol. The van der Waals surface area contributed by atoms with E-state index in [1.807, 2.05) is 20.8 Å². The highest BCUT2D eigenvalue weighted by molar-refractivity contribution is 7.75. The third-order valence-corrected chi connectivity index (χ3v) is 2.61. The molecular weight excluding hydrogens is 152 g/mol. The van der Waals surface area contributed by atoms with Crippen molar-refractivity contribution in [2.24, 2.45) is 5.41 Å². The average Bonchev–Trinajstić information content (AvgIpc) is 1.81. The number of rotatable bonds is 0. The maximum atomic E-state index is 10.6. The molecule has 4 heteroatoms. The monoisotopic (exact) mass is 164 g/mol. The molecule has 0 aromatic heterocycles. The number of hydrogen-bond donors (Lipinski definition) is 0. The van der Waals surface area contributed by atoms with Crippen LogP contribution in [0.5, 0.6) is 0 Å². The third-order valence-electron chi connectivity index (χ3n) is 1.85. The number of hydrogen-bond acceptors (Lipinski definition) is 3. The summed E-state index contributed by atoms with van der Waals surface area (Å²) in [6, 6.07) is 0. The van der Waals surface area contributed by atoms with Crippen molar-refractivity contribution in [3.8, 4) is 0 Å². The van der Waals surface area contributed by atoms with Gasteiger partial charge in [0.15, 0.2) is 0 Å². The maximum absolute atomic E-state index is 10.6. The SMILES string of the molecule is C[C@H]1O[S@@](=O)OCC1(C)C. The third kappa shape index (κ3) is 1.56. The molecule has 1 aliphatic rings. The average molecular weight is 164 g/mol. The Morgan fingerprint density at radius 1 is 1.60 bits per heavy atom. The molecule has 0 radical (unpaired) electrons. The second-order valence-electron chi connectivity index (χ2n) is 3.19. The molecule has 0 unspecified atom stereocenters. The van der Waals surface area contributed by atoms with E-state index in [1.54, 1.807) is 0 Å². The van der Waals surface area contributed by atoms with Crippen molar-refractivity contribution in [1.82, 2.24) is 0 Å². The molecule has 1 heterocycles. The van der Waals surface area contributed by atoms with Crippen LogP contribution < -0.4 is 0 Å². The van der Waals surface area contributed by atoms with Crippen LogP contribution in [0.15, 0.2) is 0 Å². The maximum Gasteiger partial charge on any atom is 0.304 e. The summed E-state index contributed by atoms with van der Waals surface area (Å²) in [5.74, 6) is 0. The highest BCUT2D eigenvalue weighted by Crippen LogP contribution is 2.28. The molecular formula is C6H12O3S. The second-order valence-corrected chi connectivity index (χ2v) is 4.03. The summed E-state index contributed by atoms with van der Waals surface area (Å²) >= 11 is -1.52. The lowest BCUT2D eigenvalue weighted by Crippen LogP contribution is -2.39. The van der Waals surface area contributed by atoms with Crippen LogP contribution in [0.4, 0.5) is 0 Å². The van der Waals surface area contributed by atoms with E-state index in [0.717, 1.165) is 0 Å². The molecule has 1 saturated heterocycles. The summed E-state index contributed by atoms with van der Waals surface area (Å²) in [4.78, 5) is 0. The summed E-state index contributed by atoms with van der Waals surface area (Å²) < 4.78 is 20.4. The van der Waals surface area contributed by atoms with E-state index >= 15 is 0 Å². The molecule has 0 saturated carbocycles. The van der Waals surface area contributed by atoms with E-state index in [1.165, 1.54) is 0 Å². The molecule has 3 nitrogen and oxygen atoms in total. The zero-order valence-electron chi connectivity index (χ0n) is 6.42. The van der Waals surface area contributed by atoms with Crippen molar-refractivity contribution >= 4 is 11.4 Å². The first-order chi connectivity index (χ1) is 4.52. The smallest absolute Gasteiger partial charge is 0.268 e. The van der Waals surface area contributed by atoms with Gasteiger partial charge in [-0.3, -0.25) is 8.37 Å². The summed E-state index contributed by atoms with van der Waals surface area (Å²) in [7, 11) is 0. The molecule has 1 aliphatic heterocycles. The fraction of sp³-hybridized carbons (Fsp3) is 1.00. The first kappa shape index (κ1) is 8.17. The molecule has 0 N–H and O–H groups in total. The van der Waals surface area contributed by atoms with Crippen LogP contribution in [0.3, 0.4) is 0 Å². The van der Waals surface area contributed by atoms with Crippen LogP contribution in [0.1, 0.15) is 20.8 Å². The van der Waals surface area contributed by atoms with E-state index in [9.17, 15) is 4.21 Å². The Morgan fingerprint density at radius 2 is 2.20 bits per heavy atom. The Labute approximate surface area is 63.6 Å². The predicted octanol–water partition coefficient (Wildman–Crippen LogP) is 1.03. The van der Waals surface area contributed by atoms with Crippen molar-refractivity contribution in [2.75, 3.05) is 6.61 Å². The Kier molecular flexibility index (Phi) is 2.12. The van der Waals surface area contributed by atoms with Crippen LogP contribution in [0.2, 0.25) is 0 Å². The van der Waals surface area contributed by atoms with Crippen LogP contribution >= 0.6 is 0 Å². The minimum Gasteiger partial charge on any atom is -0.268 e. The lowest BCUT2D eigenvalue weighted by molar-refractivity contribution is 0.00659. The molecule has 0 aromatic rings. The molecule has 0 bridgehead atoms. The summed E-state index contributed by atoms with van der Waals surface area (Å²) in [5.41, 5.74) is -0.0199. The van der Waals surface area contributed by atoms with Gasteiger partial charge in [0.25, 0.3) is 0 Å². The Hall–Kier alpha value is 0.0700. The Bertz CT molecular complexity index is 155. The Morgan fingerprint density at radius 3 is 2.60 bits per heavy atom. The van der Waals surface area contributed by atoms with Crippen molar-refractivity contribution < 1.29 is 12.6 Å². The quantitative estimate of drug-likeness (QED) is 0.536. The van der Waals surface area contributed by atoms with Gasteiger partial charge in [-0.05, 0) is 6.92 Å². The fourth-order valence-corrected chi connectivity index (χ4v) is 1.54.